The van der Waals surface area contributed by atoms with Gasteiger partial charge in [-0.1, -0.05) is 25.1 Å². The number of thioether (sulfide) groups is 1. The number of rotatable bonds is 6. The summed E-state index contributed by atoms with van der Waals surface area (Å²) in [7, 11) is 0. The van der Waals surface area contributed by atoms with Gasteiger partial charge in [-0.25, -0.2) is 0 Å². The third-order valence-electron chi connectivity index (χ3n) is 2.62. The zero-order valence-corrected chi connectivity index (χ0v) is 11.1. The molecule has 0 aliphatic carbocycles. The number of hydrogen-bond donors (Lipinski definition) is 2. The minimum atomic E-state index is -0.0418. The van der Waals surface area contributed by atoms with Crippen LogP contribution in [0.25, 0.3) is 0 Å². The lowest BCUT2D eigenvalue weighted by Gasteiger charge is -2.09. The van der Waals surface area contributed by atoms with Gasteiger partial charge in [-0.05, 0) is 18.7 Å². The van der Waals surface area contributed by atoms with E-state index in [1.54, 1.807) is 30.0 Å². The van der Waals surface area contributed by atoms with Crippen LogP contribution in [-0.2, 0) is 11.2 Å². The highest BCUT2D eigenvalue weighted by Crippen LogP contribution is 2.15. The van der Waals surface area contributed by atoms with E-state index in [-0.39, 0.29) is 18.1 Å². The van der Waals surface area contributed by atoms with Crippen LogP contribution in [0.5, 0.6) is 5.75 Å². The second-order valence-corrected chi connectivity index (χ2v) is 5.27. The molecule has 0 fully saturated rings. The van der Waals surface area contributed by atoms with Gasteiger partial charge in [0.1, 0.15) is 5.75 Å². The standard InChI is InChI=1S/C13H19NO2S/c1-10(17-2)7-8-14-13(16)9-11-5-3-4-6-12(11)15/h3-6,10,15H,7-9H2,1-2H3,(H,14,16). The molecule has 0 spiro atoms. The number of carbonyl (C=O) groups is 1. The summed E-state index contributed by atoms with van der Waals surface area (Å²) in [5.74, 6) is 0.139. The number of phenolic OH excluding ortho intramolecular Hbond substituents is 1. The summed E-state index contributed by atoms with van der Waals surface area (Å²) in [6.07, 6.45) is 3.27. The zero-order valence-electron chi connectivity index (χ0n) is 10.3. The van der Waals surface area contributed by atoms with Crippen molar-refractivity contribution in [3.8, 4) is 5.75 Å². The van der Waals surface area contributed by atoms with Gasteiger partial charge in [0, 0.05) is 17.4 Å². The Balaban J connectivity index is 2.33. The lowest BCUT2D eigenvalue weighted by atomic mass is 10.1. The number of carbonyl (C=O) groups excluding carboxylic acids is 1. The molecular formula is C13H19NO2S. The molecule has 1 atom stereocenters. The Morgan fingerprint density at radius 3 is 2.82 bits per heavy atom. The average molecular weight is 253 g/mol. The number of hydrogen-bond acceptors (Lipinski definition) is 3. The second kappa shape index (κ2) is 7.22. The SMILES string of the molecule is CSC(C)CCNC(=O)Cc1ccccc1O. The minimum absolute atomic E-state index is 0.0418. The maximum absolute atomic E-state index is 11.6. The van der Waals surface area contributed by atoms with Crippen molar-refractivity contribution < 1.29 is 9.90 Å². The van der Waals surface area contributed by atoms with E-state index in [1.165, 1.54) is 0 Å². The number of phenols is 1. The maximum Gasteiger partial charge on any atom is 0.224 e. The summed E-state index contributed by atoms with van der Waals surface area (Å²) in [6, 6.07) is 6.92. The van der Waals surface area contributed by atoms with Gasteiger partial charge in [0.15, 0.2) is 0 Å². The molecule has 1 aromatic rings. The Labute approximate surface area is 107 Å². The highest BCUT2D eigenvalue weighted by atomic mass is 32.2. The van der Waals surface area contributed by atoms with Gasteiger partial charge in [-0.2, -0.15) is 11.8 Å². The fourth-order valence-electron chi connectivity index (χ4n) is 1.43. The number of benzene rings is 1. The molecule has 0 saturated heterocycles. The average Bonchev–Trinajstić information content (AvgIpc) is 2.32. The van der Waals surface area contributed by atoms with Crippen molar-refractivity contribution in [1.29, 1.82) is 0 Å². The van der Waals surface area contributed by atoms with E-state index in [0.29, 0.717) is 17.4 Å². The van der Waals surface area contributed by atoms with E-state index in [2.05, 4.69) is 18.5 Å². The predicted molar refractivity (Wildman–Crippen MR) is 72.4 cm³/mol. The number of amides is 1. The summed E-state index contributed by atoms with van der Waals surface area (Å²) in [5.41, 5.74) is 0.669. The van der Waals surface area contributed by atoms with Crippen LogP contribution in [0, 0.1) is 0 Å². The molecule has 1 aromatic carbocycles. The third-order valence-corrected chi connectivity index (χ3v) is 3.66. The normalized spacial score (nSPS) is 12.1. The molecule has 0 aromatic heterocycles. The molecule has 0 saturated carbocycles. The summed E-state index contributed by atoms with van der Waals surface area (Å²) < 4.78 is 0. The first-order valence-electron chi connectivity index (χ1n) is 5.70. The van der Waals surface area contributed by atoms with Crippen molar-refractivity contribution >= 4 is 17.7 Å². The largest absolute Gasteiger partial charge is 0.508 e. The van der Waals surface area contributed by atoms with E-state index >= 15 is 0 Å². The molecule has 1 unspecified atom stereocenters. The summed E-state index contributed by atoms with van der Waals surface area (Å²) in [6.45, 7) is 2.83. The second-order valence-electron chi connectivity index (χ2n) is 3.99. The van der Waals surface area contributed by atoms with Crippen LogP contribution in [0.15, 0.2) is 24.3 Å². The molecule has 2 N–H and O–H groups in total. The molecule has 94 valence electrons. The molecule has 0 radical (unpaired) electrons. The maximum atomic E-state index is 11.6. The Hall–Kier alpha value is -1.16. The Morgan fingerprint density at radius 1 is 1.47 bits per heavy atom. The number of nitrogens with one attached hydrogen (secondary N) is 1. The first-order valence-corrected chi connectivity index (χ1v) is 6.98. The van der Waals surface area contributed by atoms with Crippen molar-refractivity contribution in [1.82, 2.24) is 5.32 Å². The van der Waals surface area contributed by atoms with Crippen molar-refractivity contribution in [2.75, 3.05) is 12.8 Å². The van der Waals surface area contributed by atoms with Gasteiger partial charge in [-0.15, -0.1) is 0 Å². The fraction of sp³-hybridized carbons (Fsp3) is 0.462. The summed E-state index contributed by atoms with van der Waals surface area (Å²) in [5, 5.41) is 12.9. The molecule has 0 aliphatic rings. The van der Waals surface area contributed by atoms with Crippen LogP contribution in [0.4, 0.5) is 0 Å². The summed E-state index contributed by atoms with van der Waals surface area (Å²) in [4.78, 5) is 11.6. The predicted octanol–water partition coefficient (Wildman–Crippen LogP) is 2.19. The Morgan fingerprint density at radius 2 is 2.18 bits per heavy atom. The zero-order chi connectivity index (χ0) is 12.7. The first-order chi connectivity index (χ1) is 8.13. The molecular weight excluding hydrogens is 234 g/mol. The van der Waals surface area contributed by atoms with E-state index in [9.17, 15) is 9.90 Å². The van der Waals surface area contributed by atoms with Crippen LogP contribution < -0.4 is 5.32 Å². The lowest BCUT2D eigenvalue weighted by Crippen LogP contribution is -2.27. The van der Waals surface area contributed by atoms with Crippen molar-refractivity contribution in [2.45, 2.75) is 25.0 Å². The first kappa shape index (κ1) is 13.9. The van der Waals surface area contributed by atoms with Crippen LogP contribution in [0.2, 0.25) is 0 Å². The van der Waals surface area contributed by atoms with Crippen LogP contribution >= 0.6 is 11.8 Å². The van der Waals surface area contributed by atoms with E-state index in [1.807, 2.05) is 6.07 Å². The van der Waals surface area contributed by atoms with Crippen LogP contribution in [-0.4, -0.2) is 29.1 Å². The number of para-hydroxylation sites is 1. The number of aromatic hydroxyl groups is 1. The quantitative estimate of drug-likeness (QED) is 0.817. The molecule has 3 nitrogen and oxygen atoms in total. The van der Waals surface area contributed by atoms with Gasteiger partial charge < -0.3 is 10.4 Å². The van der Waals surface area contributed by atoms with Crippen molar-refractivity contribution in [3.63, 3.8) is 0 Å². The third kappa shape index (κ3) is 5.13. The highest BCUT2D eigenvalue weighted by molar-refractivity contribution is 7.99. The van der Waals surface area contributed by atoms with E-state index in [0.717, 1.165) is 6.42 Å². The monoisotopic (exact) mass is 253 g/mol. The van der Waals surface area contributed by atoms with E-state index in [4.69, 9.17) is 0 Å². The van der Waals surface area contributed by atoms with Crippen molar-refractivity contribution in [2.24, 2.45) is 0 Å². The molecule has 1 rings (SSSR count). The van der Waals surface area contributed by atoms with Crippen LogP contribution in [0.3, 0.4) is 0 Å². The molecule has 1 amide bonds. The molecule has 17 heavy (non-hydrogen) atoms. The minimum Gasteiger partial charge on any atom is -0.508 e. The Kier molecular flexibility index (Phi) is 5.91. The smallest absolute Gasteiger partial charge is 0.224 e. The van der Waals surface area contributed by atoms with E-state index < -0.39 is 0 Å². The molecule has 4 heteroatoms. The van der Waals surface area contributed by atoms with Crippen LogP contribution in [0.1, 0.15) is 18.9 Å². The fourth-order valence-corrected chi connectivity index (χ4v) is 1.78. The topological polar surface area (TPSA) is 49.3 Å². The van der Waals surface area contributed by atoms with Gasteiger partial charge in [0.25, 0.3) is 0 Å². The molecule has 0 aliphatic heterocycles. The van der Waals surface area contributed by atoms with Crippen molar-refractivity contribution in [3.05, 3.63) is 29.8 Å². The molecule has 0 bridgehead atoms. The van der Waals surface area contributed by atoms with Gasteiger partial charge >= 0.3 is 0 Å². The van der Waals surface area contributed by atoms with Gasteiger partial charge in [0.2, 0.25) is 5.91 Å². The summed E-state index contributed by atoms with van der Waals surface area (Å²) >= 11 is 1.79. The Bertz CT molecular complexity index is 368. The van der Waals surface area contributed by atoms with Gasteiger partial charge in [0.05, 0.1) is 6.42 Å². The lowest BCUT2D eigenvalue weighted by molar-refractivity contribution is -0.120. The highest BCUT2D eigenvalue weighted by Gasteiger charge is 2.07. The van der Waals surface area contributed by atoms with Gasteiger partial charge in [-0.3, -0.25) is 4.79 Å². The molecule has 0 heterocycles.